The van der Waals surface area contributed by atoms with Gasteiger partial charge in [-0.2, -0.15) is 9.78 Å². The Balaban J connectivity index is 0.00000132. The van der Waals surface area contributed by atoms with Gasteiger partial charge < -0.3 is 4.57 Å². The van der Waals surface area contributed by atoms with Gasteiger partial charge in [0.15, 0.2) is 5.65 Å². The minimum Gasteiger partial charge on any atom is -0.311 e. The smallest absolute Gasteiger partial charge is 0.254 e. The fourth-order valence-corrected chi connectivity index (χ4v) is 3.84. The molecule has 0 atom stereocenters. The Kier molecular flexibility index (Phi) is 6.03. The number of hydrogen-bond donors (Lipinski definition) is 0. The molecule has 0 aliphatic heterocycles. The number of aryl methyl sites for hydroxylation is 1. The number of fused-ring (bicyclic) bond motifs is 2. The van der Waals surface area contributed by atoms with Crippen molar-refractivity contribution >= 4 is 28.0 Å². The second-order valence-electron chi connectivity index (χ2n) is 8.86. The molecule has 0 spiro atoms. The molecule has 0 bridgehead atoms. The maximum absolute atomic E-state index is 13.5. The number of nitrogens with zero attached hydrogens (tertiary/aromatic N) is 4. The summed E-state index contributed by atoms with van der Waals surface area (Å²) < 4.78 is 17.0. The molecule has 0 amide bonds. The first-order chi connectivity index (χ1) is 14.6. The number of hydrogen-bond acceptors (Lipinski definition) is 3. The molecule has 3 aromatic heterocycles. The normalized spacial score (nSPS) is 11.8. The topological polar surface area (TPSA) is 52.7 Å². The van der Waals surface area contributed by atoms with Gasteiger partial charge in [0.2, 0.25) is 0 Å². The molecule has 3 heterocycles. The van der Waals surface area contributed by atoms with Crippen LogP contribution in [0.3, 0.4) is 0 Å². The highest BCUT2D eigenvalue weighted by Gasteiger charge is 2.27. The van der Waals surface area contributed by atoms with E-state index in [9.17, 15) is 9.18 Å². The van der Waals surface area contributed by atoms with Gasteiger partial charge in [-0.15, -0.1) is 0 Å². The summed E-state index contributed by atoms with van der Waals surface area (Å²) in [6.45, 7) is 15.9. The van der Waals surface area contributed by atoms with Crippen molar-refractivity contribution < 1.29 is 9.18 Å². The molecule has 0 N–H and O–H groups in total. The highest BCUT2D eigenvalue weighted by atomic mass is 19.1. The monoisotopic (exact) mass is 422 g/mol. The van der Waals surface area contributed by atoms with E-state index in [4.69, 9.17) is 4.98 Å². The van der Waals surface area contributed by atoms with Gasteiger partial charge >= 0.3 is 0 Å². The lowest BCUT2D eigenvalue weighted by Crippen LogP contribution is -2.27. The molecular weight excluding hydrogens is 391 g/mol. The molecule has 4 aromatic rings. The highest BCUT2D eigenvalue weighted by molar-refractivity contribution is 5.97. The second-order valence-corrected chi connectivity index (χ2v) is 8.86. The molecule has 0 aliphatic rings. The van der Waals surface area contributed by atoms with E-state index in [1.165, 1.54) is 16.8 Å². The van der Waals surface area contributed by atoms with Gasteiger partial charge in [-0.25, -0.2) is 9.37 Å². The standard InChI is InChI=1S/C23H25FN4O.C2H6/c1-13(2)20-14(3)19-18(27(20)17-9-7-16(24)8-10-17)11-15-12-25-28(21(15)26-19)22(29)23(4,5)6;1-2/h7-13H,1-6H3;1-2H3. The summed E-state index contributed by atoms with van der Waals surface area (Å²) >= 11 is 0. The molecule has 0 aliphatic carbocycles. The van der Waals surface area contributed by atoms with Crippen LogP contribution >= 0.6 is 0 Å². The molecule has 0 unspecified atom stereocenters. The maximum Gasteiger partial charge on any atom is 0.254 e. The molecule has 6 heteroatoms. The van der Waals surface area contributed by atoms with E-state index in [1.54, 1.807) is 18.3 Å². The Morgan fingerprint density at radius 1 is 1.10 bits per heavy atom. The summed E-state index contributed by atoms with van der Waals surface area (Å²) in [5, 5.41) is 5.11. The lowest BCUT2D eigenvalue weighted by atomic mass is 9.96. The molecule has 0 saturated heterocycles. The number of rotatable bonds is 2. The van der Waals surface area contributed by atoms with E-state index in [-0.39, 0.29) is 17.6 Å². The van der Waals surface area contributed by atoms with Gasteiger partial charge in [0, 0.05) is 22.2 Å². The van der Waals surface area contributed by atoms with Crippen molar-refractivity contribution in [3.05, 3.63) is 53.6 Å². The summed E-state index contributed by atoms with van der Waals surface area (Å²) in [5.41, 5.74) is 4.81. The minimum atomic E-state index is -0.562. The predicted molar refractivity (Wildman–Crippen MR) is 125 cm³/mol. The zero-order valence-corrected chi connectivity index (χ0v) is 19.6. The predicted octanol–water partition coefficient (Wildman–Crippen LogP) is 6.66. The van der Waals surface area contributed by atoms with E-state index < -0.39 is 5.41 Å². The third-order valence-corrected chi connectivity index (χ3v) is 5.21. The summed E-state index contributed by atoms with van der Waals surface area (Å²) in [5.74, 6) is -0.125. The molecule has 0 radical (unpaired) electrons. The van der Waals surface area contributed by atoms with Crippen LogP contribution in [0, 0.1) is 18.2 Å². The minimum absolute atomic E-state index is 0.0981. The molecule has 5 nitrogen and oxygen atoms in total. The third-order valence-electron chi connectivity index (χ3n) is 5.21. The van der Waals surface area contributed by atoms with E-state index in [2.05, 4.69) is 23.5 Å². The lowest BCUT2D eigenvalue weighted by molar-refractivity contribution is 0.0754. The summed E-state index contributed by atoms with van der Waals surface area (Å²) in [6.07, 6.45) is 1.68. The zero-order valence-electron chi connectivity index (χ0n) is 19.6. The molecule has 1 aromatic carbocycles. The third kappa shape index (κ3) is 3.87. The van der Waals surface area contributed by atoms with Gasteiger partial charge in [0.25, 0.3) is 5.91 Å². The van der Waals surface area contributed by atoms with Crippen LogP contribution in [0.2, 0.25) is 0 Å². The van der Waals surface area contributed by atoms with Crippen LogP contribution in [0.1, 0.15) is 70.4 Å². The van der Waals surface area contributed by atoms with Gasteiger partial charge in [-0.1, -0.05) is 48.5 Å². The summed E-state index contributed by atoms with van der Waals surface area (Å²) in [4.78, 5) is 17.7. The zero-order chi connectivity index (χ0) is 23.1. The number of carbonyl (C=O) groups excluding carboxylic acids is 1. The first kappa shape index (κ1) is 22.7. The maximum atomic E-state index is 13.5. The molecule has 31 heavy (non-hydrogen) atoms. The average Bonchev–Trinajstić information content (AvgIpc) is 3.26. The van der Waals surface area contributed by atoms with Crippen LogP contribution in [-0.4, -0.2) is 25.2 Å². The van der Waals surface area contributed by atoms with Crippen LogP contribution < -0.4 is 0 Å². The van der Waals surface area contributed by atoms with E-state index >= 15 is 0 Å². The molecule has 164 valence electrons. The SMILES string of the molecule is CC.Cc1c(C(C)C)n(-c2ccc(F)cc2)c2cc3cnn(C(=O)C(C)(C)C)c3nc12. The van der Waals surface area contributed by atoms with Gasteiger partial charge in [0.1, 0.15) is 5.82 Å². The first-order valence-electron chi connectivity index (χ1n) is 10.8. The fraction of sp³-hybridized carbons (Fsp3) is 0.400. The number of halogens is 1. The number of carbonyl (C=O) groups is 1. The van der Waals surface area contributed by atoms with Crippen molar-refractivity contribution in [2.24, 2.45) is 5.41 Å². The van der Waals surface area contributed by atoms with Crippen molar-refractivity contribution in [1.29, 1.82) is 0 Å². The van der Waals surface area contributed by atoms with E-state index in [0.717, 1.165) is 33.4 Å². The van der Waals surface area contributed by atoms with Crippen LogP contribution in [0.5, 0.6) is 0 Å². The van der Waals surface area contributed by atoms with Crippen molar-refractivity contribution in [2.45, 2.75) is 61.3 Å². The van der Waals surface area contributed by atoms with E-state index in [0.29, 0.717) is 5.65 Å². The van der Waals surface area contributed by atoms with Crippen molar-refractivity contribution in [3.63, 3.8) is 0 Å². The largest absolute Gasteiger partial charge is 0.311 e. The Hall–Kier alpha value is -3.02. The summed E-state index contributed by atoms with van der Waals surface area (Å²) in [7, 11) is 0. The van der Waals surface area contributed by atoms with Crippen LogP contribution in [0.4, 0.5) is 4.39 Å². The molecule has 0 saturated carbocycles. The number of pyridine rings is 1. The van der Waals surface area contributed by atoms with Crippen LogP contribution in [-0.2, 0) is 0 Å². The van der Waals surface area contributed by atoms with Crippen LogP contribution in [0.25, 0.3) is 27.8 Å². The van der Waals surface area contributed by atoms with Gasteiger partial charge in [0.05, 0.1) is 17.2 Å². The molecule has 0 fully saturated rings. The molecular formula is C25H31FN4O. The van der Waals surface area contributed by atoms with Crippen LogP contribution in [0.15, 0.2) is 36.5 Å². The van der Waals surface area contributed by atoms with Crippen molar-refractivity contribution in [1.82, 2.24) is 19.3 Å². The lowest BCUT2D eigenvalue weighted by Gasteiger charge is -2.16. The Bertz CT molecular complexity index is 1240. The second kappa shape index (κ2) is 8.25. The van der Waals surface area contributed by atoms with E-state index in [1.807, 2.05) is 47.6 Å². The summed E-state index contributed by atoms with van der Waals surface area (Å²) in [6, 6.07) is 8.49. The van der Waals surface area contributed by atoms with Crippen molar-refractivity contribution in [3.8, 4) is 5.69 Å². The Morgan fingerprint density at radius 2 is 1.71 bits per heavy atom. The fourth-order valence-electron chi connectivity index (χ4n) is 3.84. The Morgan fingerprint density at radius 3 is 2.26 bits per heavy atom. The van der Waals surface area contributed by atoms with Gasteiger partial charge in [-0.05, 0) is 48.7 Å². The number of benzene rings is 1. The Labute approximate surface area is 182 Å². The first-order valence-corrected chi connectivity index (χ1v) is 10.8. The number of aromatic nitrogens is 4. The molecule has 4 rings (SSSR count). The average molecular weight is 423 g/mol. The highest BCUT2D eigenvalue weighted by Crippen LogP contribution is 2.34. The van der Waals surface area contributed by atoms with Gasteiger partial charge in [-0.3, -0.25) is 4.79 Å². The van der Waals surface area contributed by atoms with Crippen molar-refractivity contribution in [2.75, 3.05) is 0 Å². The quantitative estimate of drug-likeness (QED) is 0.363.